The number of hydrogen-bond acceptors (Lipinski definition) is 1. The van der Waals surface area contributed by atoms with Crippen molar-refractivity contribution in [1.29, 1.82) is 0 Å². The molecule has 0 aromatic heterocycles. The van der Waals surface area contributed by atoms with Crippen LogP contribution in [-0.2, 0) is 12.8 Å². The zero-order valence-corrected chi connectivity index (χ0v) is 12.2. The Labute approximate surface area is 122 Å². The second-order valence-electron chi connectivity index (χ2n) is 8.00. The molecule has 1 aromatic carbocycles. The third kappa shape index (κ3) is 1.79. The molecule has 0 unspecified atom stereocenters. The summed E-state index contributed by atoms with van der Waals surface area (Å²) in [6.07, 6.45) is 10.2. The third-order valence-corrected chi connectivity index (χ3v) is 6.71. The predicted molar refractivity (Wildman–Crippen MR) is 81.6 cm³/mol. The molecule has 0 spiro atoms. The Morgan fingerprint density at radius 1 is 0.750 bits per heavy atom. The lowest BCUT2D eigenvalue weighted by Crippen LogP contribution is -2.56. The van der Waals surface area contributed by atoms with Crippen molar-refractivity contribution in [3.8, 4) is 0 Å². The van der Waals surface area contributed by atoms with E-state index in [1.165, 1.54) is 38.5 Å². The average molecular weight is 267 g/mol. The average Bonchev–Trinajstić information content (AvgIpc) is 2.84. The molecule has 1 N–H and O–H groups in total. The van der Waals surface area contributed by atoms with Crippen LogP contribution in [0.5, 0.6) is 0 Å². The van der Waals surface area contributed by atoms with Gasteiger partial charge in [0.15, 0.2) is 0 Å². The highest BCUT2D eigenvalue weighted by Crippen LogP contribution is 2.53. The molecule has 5 aliphatic carbocycles. The van der Waals surface area contributed by atoms with Crippen molar-refractivity contribution in [2.24, 2.45) is 23.7 Å². The molecule has 1 heteroatoms. The Hall–Kier alpha value is -0.820. The molecule has 0 radical (unpaired) electrons. The SMILES string of the molecule is c1ccc2c(c1)CC(NC1C3CC4CC(C3)CC1C4)C2. The summed E-state index contributed by atoms with van der Waals surface area (Å²) in [6, 6.07) is 10.6. The summed E-state index contributed by atoms with van der Waals surface area (Å²) in [5, 5.41) is 4.11. The van der Waals surface area contributed by atoms with Gasteiger partial charge in [0.05, 0.1) is 0 Å². The lowest BCUT2D eigenvalue weighted by Gasteiger charge is -2.55. The van der Waals surface area contributed by atoms with Gasteiger partial charge in [-0.25, -0.2) is 0 Å². The van der Waals surface area contributed by atoms with Crippen molar-refractivity contribution in [3.05, 3.63) is 35.4 Å². The van der Waals surface area contributed by atoms with Crippen LogP contribution < -0.4 is 5.32 Å². The second kappa shape index (κ2) is 4.34. The predicted octanol–water partition coefficient (Wildman–Crippen LogP) is 3.57. The van der Waals surface area contributed by atoms with Crippen LogP contribution >= 0.6 is 0 Å². The minimum Gasteiger partial charge on any atom is -0.310 e. The molecule has 4 bridgehead atoms. The van der Waals surface area contributed by atoms with Crippen LogP contribution in [0.1, 0.15) is 43.2 Å². The topological polar surface area (TPSA) is 12.0 Å². The van der Waals surface area contributed by atoms with Gasteiger partial charge in [-0.2, -0.15) is 0 Å². The second-order valence-corrected chi connectivity index (χ2v) is 8.00. The van der Waals surface area contributed by atoms with Gasteiger partial charge in [0.25, 0.3) is 0 Å². The summed E-state index contributed by atoms with van der Waals surface area (Å²) in [5.41, 5.74) is 3.18. The van der Waals surface area contributed by atoms with Crippen molar-refractivity contribution < 1.29 is 0 Å². The van der Waals surface area contributed by atoms with E-state index in [9.17, 15) is 0 Å². The van der Waals surface area contributed by atoms with E-state index in [2.05, 4.69) is 29.6 Å². The maximum Gasteiger partial charge on any atom is 0.0151 e. The fourth-order valence-corrected chi connectivity index (χ4v) is 6.15. The molecule has 0 heterocycles. The number of hydrogen-bond donors (Lipinski definition) is 1. The first-order valence-corrected chi connectivity index (χ1v) is 8.68. The minimum absolute atomic E-state index is 0.718. The van der Waals surface area contributed by atoms with Gasteiger partial charge in [-0.15, -0.1) is 0 Å². The lowest BCUT2D eigenvalue weighted by molar-refractivity contribution is -0.0172. The van der Waals surface area contributed by atoms with Gasteiger partial charge in [0, 0.05) is 12.1 Å². The highest BCUT2D eigenvalue weighted by atomic mass is 15.0. The maximum absolute atomic E-state index is 4.11. The third-order valence-electron chi connectivity index (χ3n) is 6.71. The van der Waals surface area contributed by atoms with E-state index in [0.29, 0.717) is 0 Å². The van der Waals surface area contributed by atoms with Crippen molar-refractivity contribution in [1.82, 2.24) is 5.32 Å². The number of benzene rings is 1. The van der Waals surface area contributed by atoms with E-state index in [1.54, 1.807) is 17.5 Å². The molecule has 0 atom stereocenters. The first kappa shape index (κ1) is 11.8. The first-order valence-electron chi connectivity index (χ1n) is 8.68. The zero-order chi connectivity index (χ0) is 13.1. The van der Waals surface area contributed by atoms with Gasteiger partial charge in [-0.05, 0) is 79.7 Å². The van der Waals surface area contributed by atoms with Gasteiger partial charge in [0.2, 0.25) is 0 Å². The quantitative estimate of drug-likeness (QED) is 0.864. The molecule has 4 saturated carbocycles. The Bertz CT molecular complexity index is 467. The van der Waals surface area contributed by atoms with E-state index in [4.69, 9.17) is 0 Å². The molecule has 0 amide bonds. The van der Waals surface area contributed by atoms with Crippen molar-refractivity contribution in [2.75, 3.05) is 0 Å². The van der Waals surface area contributed by atoms with Crippen LogP contribution in [0.3, 0.4) is 0 Å². The van der Waals surface area contributed by atoms with Crippen molar-refractivity contribution in [2.45, 2.75) is 57.0 Å². The van der Waals surface area contributed by atoms with Gasteiger partial charge in [-0.3, -0.25) is 0 Å². The zero-order valence-electron chi connectivity index (χ0n) is 12.2. The number of nitrogens with one attached hydrogen (secondary N) is 1. The summed E-state index contributed by atoms with van der Waals surface area (Å²) >= 11 is 0. The van der Waals surface area contributed by atoms with Crippen molar-refractivity contribution in [3.63, 3.8) is 0 Å². The monoisotopic (exact) mass is 267 g/mol. The molecular weight excluding hydrogens is 242 g/mol. The van der Waals surface area contributed by atoms with Crippen molar-refractivity contribution >= 4 is 0 Å². The van der Waals surface area contributed by atoms with E-state index < -0.39 is 0 Å². The molecule has 1 nitrogen and oxygen atoms in total. The van der Waals surface area contributed by atoms with Gasteiger partial charge in [-0.1, -0.05) is 24.3 Å². The van der Waals surface area contributed by atoms with Crippen LogP contribution in [0.2, 0.25) is 0 Å². The fraction of sp³-hybridized carbons (Fsp3) is 0.684. The van der Waals surface area contributed by atoms with E-state index >= 15 is 0 Å². The summed E-state index contributed by atoms with van der Waals surface area (Å²) in [4.78, 5) is 0. The first-order chi connectivity index (χ1) is 9.85. The molecule has 6 rings (SSSR count). The van der Waals surface area contributed by atoms with E-state index in [-0.39, 0.29) is 0 Å². The number of rotatable bonds is 2. The molecule has 106 valence electrons. The Morgan fingerprint density at radius 3 is 1.85 bits per heavy atom. The Kier molecular flexibility index (Phi) is 2.56. The fourth-order valence-electron chi connectivity index (χ4n) is 6.15. The lowest BCUT2D eigenvalue weighted by atomic mass is 9.54. The Morgan fingerprint density at radius 2 is 1.30 bits per heavy atom. The van der Waals surface area contributed by atoms with Gasteiger partial charge >= 0.3 is 0 Å². The van der Waals surface area contributed by atoms with Gasteiger partial charge in [0.1, 0.15) is 0 Å². The van der Waals surface area contributed by atoms with Gasteiger partial charge < -0.3 is 5.32 Å². The Balaban J connectivity index is 1.32. The summed E-state index contributed by atoms with van der Waals surface area (Å²) in [5.74, 6) is 4.21. The maximum atomic E-state index is 4.11. The standard InChI is InChI=1S/C19H25N/c1-2-4-15-11-18(10-14(15)3-1)20-19-16-6-12-5-13(8-16)9-17(19)7-12/h1-4,12-13,16-20H,5-11H2. The minimum atomic E-state index is 0.718. The summed E-state index contributed by atoms with van der Waals surface area (Å²) < 4.78 is 0. The smallest absolute Gasteiger partial charge is 0.0151 e. The largest absolute Gasteiger partial charge is 0.310 e. The van der Waals surface area contributed by atoms with Crippen LogP contribution in [0.15, 0.2) is 24.3 Å². The van der Waals surface area contributed by atoms with E-state index in [1.807, 2.05) is 0 Å². The molecule has 0 aliphatic heterocycles. The molecule has 5 aliphatic rings. The van der Waals surface area contributed by atoms with Crippen LogP contribution in [0.25, 0.3) is 0 Å². The number of fused-ring (bicyclic) bond motifs is 1. The molecule has 0 saturated heterocycles. The molecule has 20 heavy (non-hydrogen) atoms. The highest BCUT2D eigenvalue weighted by Gasteiger charge is 2.48. The molecular formula is C19H25N. The molecule has 1 aromatic rings. The molecule has 4 fully saturated rings. The normalized spacial score (nSPS) is 42.1. The van der Waals surface area contributed by atoms with Crippen LogP contribution in [0.4, 0.5) is 0 Å². The highest BCUT2D eigenvalue weighted by molar-refractivity contribution is 5.33. The summed E-state index contributed by atoms with van der Waals surface area (Å²) in [6.45, 7) is 0. The van der Waals surface area contributed by atoms with Crippen LogP contribution in [-0.4, -0.2) is 12.1 Å². The van der Waals surface area contributed by atoms with E-state index in [0.717, 1.165) is 35.8 Å². The summed E-state index contributed by atoms with van der Waals surface area (Å²) in [7, 11) is 0. The van der Waals surface area contributed by atoms with Crippen LogP contribution in [0, 0.1) is 23.7 Å².